The third-order valence-electron chi connectivity index (χ3n) is 1.82. The first-order valence-electron chi connectivity index (χ1n) is 4.13. The fourth-order valence-corrected chi connectivity index (χ4v) is 1.54. The summed E-state index contributed by atoms with van der Waals surface area (Å²) in [5.74, 6) is 0. The Labute approximate surface area is 89.8 Å². The van der Waals surface area contributed by atoms with Gasteiger partial charge in [0.25, 0.3) is 0 Å². The van der Waals surface area contributed by atoms with Gasteiger partial charge in [-0.1, -0.05) is 0 Å². The standard InChI is InChI=1S/C9H9BrN4/c1-11-13-5-8-4-12-9-3-2-7(10)6-14(8)9/h2-6,11H,1H3/b13-5-. The molecular formula is C9H9BrN4. The van der Waals surface area contributed by atoms with Crippen molar-refractivity contribution in [2.75, 3.05) is 7.05 Å². The van der Waals surface area contributed by atoms with Crippen LogP contribution in [0.25, 0.3) is 5.65 Å². The zero-order valence-corrected chi connectivity index (χ0v) is 9.19. The minimum atomic E-state index is 0.908. The van der Waals surface area contributed by atoms with Crippen LogP contribution in [0.5, 0.6) is 0 Å². The lowest BCUT2D eigenvalue weighted by atomic mass is 10.4. The molecule has 72 valence electrons. The molecule has 0 saturated heterocycles. The lowest BCUT2D eigenvalue weighted by Crippen LogP contribution is -1.97. The van der Waals surface area contributed by atoms with Crippen molar-refractivity contribution in [3.63, 3.8) is 0 Å². The first-order chi connectivity index (χ1) is 6.81. The zero-order valence-electron chi connectivity index (χ0n) is 7.61. The van der Waals surface area contributed by atoms with Crippen molar-refractivity contribution in [3.05, 3.63) is 34.7 Å². The van der Waals surface area contributed by atoms with Crippen molar-refractivity contribution < 1.29 is 0 Å². The Kier molecular flexibility index (Phi) is 2.49. The number of nitrogens with one attached hydrogen (secondary N) is 1. The Bertz CT molecular complexity index is 475. The molecule has 2 aromatic rings. The molecule has 0 radical (unpaired) electrons. The molecule has 0 fully saturated rings. The van der Waals surface area contributed by atoms with Crippen LogP contribution in [0.3, 0.4) is 0 Å². The summed E-state index contributed by atoms with van der Waals surface area (Å²) in [6, 6.07) is 3.90. The predicted octanol–water partition coefficient (Wildman–Crippen LogP) is 1.65. The van der Waals surface area contributed by atoms with Crippen molar-refractivity contribution in [1.82, 2.24) is 14.8 Å². The summed E-state index contributed by atoms with van der Waals surface area (Å²) < 4.78 is 2.98. The van der Waals surface area contributed by atoms with E-state index in [-0.39, 0.29) is 0 Å². The second-order valence-electron chi connectivity index (χ2n) is 2.74. The molecule has 2 aromatic heterocycles. The Hall–Kier alpha value is -1.36. The Morgan fingerprint density at radius 3 is 3.21 bits per heavy atom. The monoisotopic (exact) mass is 252 g/mol. The van der Waals surface area contributed by atoms with Gasteiger partial charge in [-0.3, -0.25) is 4.40 Å². The van der Waals surface area contributed by atoms with E-state index in [4.69, 9.17) is 0 Å². The minimum Gasteiger partial charge on any atom is -0.313 e. The summed E-state index contributed by atoms with van der Waals surface area (Å²) in [5.41, 5.74) is 4.55. The lowest BCUT2D eigenvalue weighted by molar-refractivity contribution is 0.906. The van der Waals surface area contributed by atoms with Crippen molar-refractivity contribution in [2.45, 2.75) is 0 Å². The molecule has 0 aliphatic carbocycles. The van der Waals surface area contributed by atoms with Gasteiger partial charge in [0.2, 0.25) is 0 Å². The van der Waals surface area contributed by atoms with Crippen LogP contribution in [0.4, 0.5) is 0 Å². The fraction of sp³-hybridized carbons (Fsp3) is 0.111. The average Bonchev–Trinajstić information content (AvgIpc) is 2.57. The van der Waals surface area contributed by atoms with Gasteiger partial charge in [-0.25, -0.2) is 4.98 Å². The number of hydrogen-bond acceptors (Lipinski definition) is 3. The third kappa shape index (κ3) is 1.63. The number of aromatic nitrogens is 2. The SMILES string of the molecule is CN/N=C\c1cnc2ccc(Br)cn12. The van der Waals surface area contributed by atoms with Crippen LogP contribution in [0.1, 0.15) is 5.69 Å². The minimum absolute atomic E-state index is 0.908. The van der Waals surface area contributed by atoms with Crippen LogP contribution in [-0.2, 0) is 0 Å². The Morgan fingerprint density at radius 1 is 1.57 bits per heavy atom. The summed E-state index contributed by atoms with van der Waals surface area (Å²) in [4.78, 5) is 4.24. The van der Waals surface area contributed by atoms with Crippen LogP contribution in [0.2, 0.25) is 0 Å². The van der Waals surface area contributed by atoms with Gasteiger partial charge in [0, 0.05) is 17.7 Å². The first-order valence-corrected chi connectivity index (χ1v) is 4.93. The maximum Gasteiger partial charge on any atom is 0.137 e. The molecule has 2 rings (SSSR count). The number of imidazole rings is 1. The number of nitrogens with zero attached hydrogens (tertiary/aromatic N) is 3. The van der Waals surface area contributed by atoms with E-state index < -0.39 is 0 Å². The van der Waals surface area contributed by atoms with Crippen LogP contribution in [0.15, 0.2) is 34.1 Å². The largest absolute Gasteiger partial charge is 0.313 e. The van der Waals surface area contributed by atoms with E-state index in [1.807, 2.05) is 22.7 Å². The van der Waals surface area contributed by atoms with Gasteiger partial charge >= 0.3 is 0 Å². The highest BCUT2D eigenvalue weighted by atomic mass is 79.9. The molecular weight excluding hydrogens is 244 g/mol. The highest BCUT2D eigenvalue weighted by Gasteiger charge is 2.00. The third-order valence-corrected chi connectivity index (χ3v) is 2.29. The second kappa shape index (κ2) is 3.79. The van der Waals surface area contributed by atoms with Gasteiger partial charge in [0.15, 0.2) is 0 Å². The summed E-state index contributed by atoms with van der Waals surface area (Å²) in [7, 11) is 1.76. The van der Waals surface area contributed by atoms with E-state index in [0.717, 1.165) is 15.8 Å². The summed E-state index contributed by atoms with van der Waals surface area (Å²) in [6.07, 6.45) is 5.47. The van der Waals surface area contributed by atoms with E-state index in [1.165, 1.54) is 0 Å². The molecule has 0 atom stereocenters. The van der Waals surface area contributed by atoms with E-state index in [2.05, 4.69) is 31.4 Å². The number of halogens is 1. The summed E-state index contributed by atoms with van der Waals surface area (Å²) in [5, 5.41) is 3.94. The average molecular weight is 253 g/mol. The molecule has 5 heteroatoms. The molecule has 0 aliphatic heterocycles. The maximum atomic E-state index is 4.24. The molecule has 0 spiro atoms. The number of pyridine rings is 1. The van der Waals surface area contributed by atoms with E-state index >= 15 is 0 Å². The molecule has 2 heterocycles. The van der Waals surface area contributed by atoms with Gasteiger partial charge in [0.1, 0.15) is 5.65 Å². The lowest BCUT2D eigenvalue weighted by Gasteiger charge is -1.96. The smallest absolute Gasteiger partial charge is 0.137 e. The van der Waals surface area contributed by atoms with Crippen molar-refractivity contribution in [3.8, 4) is 0 Å². The highest BCUT2D eigenvalue weighted by molar-refractivity contribution is 9.10. The van der Waals surface area contributed by atoms with E-state index in [9.17, 15) is 0 Å². The molecule has 0 bridgehead atoms. The fourth-order valence-electron chi connectivity index (χ4n) is 1.20. The normalized spacial score (nSPS) is 11.3. The molecule has 14 heavy (non-hydrogen) atoms. The molecule has 4 nitrogen and oxygen atoms in total. The summed E-state index contributed by atoms with van der Waals surface area (Å²) >= 11 is 3.41. The molecule has 1 N–H and O–H groups in total. The number of rotatable bonds is 2. The molecule has 0 saturated carbocycles. The predicted molar refractivity (Wildman–Crippen MR) is 59.5 cm³/mol. The number of fused-ring (bicyclic) bond motifs is 1. The maximum absolute atomic E-state index is 4.24. The first kappa shape index (κ1) is 9.21. The summed E-state index contributed by atoms with van der Waals surface area (Å²) in [6.45, 7) is 0. The van der Waals surface area contributed by atoms with Gasteiger partial charge in [-0.05, 0) is 28.1 Å². The highest BCUT2D eigenvalue weighted by Crippen LogP contribution is 2.12. The number of hydrazone groups is 1. The van der Waals surface area contributed by atoms with Crippen LogP contribution >= 0.6 is 15.9 Å². The van der Waals surface area contributed by atoms with Crippen LogP contribution < -0.4 is 5.43 Å². The Balaban J connectivity index is 2.55. The van der Waals surface area contributed by atoms with Gasteiger partial charge < -0.3 is 5.43 Å². The molecule has 0 aromatic carbocycles. The van der Waals surface area contributed by atoms with Crippen molar-refractivity contribution >= 4 is 27.8 Å². The van der Waals surface area contributed by atoms with Crippen molar-refractivity contribution in [1.29, 1.82) is 0 Å². The quantitative estimate of drug-likeness (QED) is 0.653. The molecule has 0 aliphatic rings. The van der Waals surface area contributed by atoms with Gasteiger partial charge in [-0.2, -0.15) is 5.10 Å². The molecule has 0 amide bonds. The Morgan fingerprint density at radius 2 is 2.43 bits per heavy atom. The van der Waals surface area contributed by atoms with Crippen LogP contribution in [0, 0.1) is 0 Å². The topological polar surface area (TPSA) is 41.7 Å². The van der Waals surface area contributed by atoms with Crippen LogP contribution in [-0.4, -0.2) is 22.6 Å². The van der Waals surface area contributed by atoms with E-state index in [0.29, 0.717) is 0 Å². The van der Waals surface area contributed by atoms with Gasteiger partial charge in [0.05, 0.1) is 18.1 Å². The van der Waals surface area contributed by atoms with Crippen molar-refractivity contribution in [2.24, 2.45) is 5.10 Å². The molecule has 0 unspecified atom stereocenters. The number of hydrogen-bond donors (Lipinski definition) is 1. The van der Waals surface area contributed by atoms with Gasteiger partial charge in [-0.15, -0.1) is 0 Å². The van der Waals surface area contributed by atoms with E-state index in [1.54, 1.807) is 19.5 Å². The second-order valence-corrected chi connectivity index (χ2v) is 3.66. The zero-order chi connectivity index (χ0) is 9.97.